The number of aliphatic hydroxyl groups excluding tert-OH is 1. The molecule has 0 saturated carbocycles. The second-order valence-corrected chi connectivity index (χ2v) is 5.20. The van der Waals surface area contributed by atoms with Crippen molar-refractivity contribution in [3.63, 3.8) is 0 Å². The zero-order chi connectivity index (χ0) is 12.0. The van der Waals surface area contributed by atoms with E-state index in [0.717, 1.165) is 23.3 Å². The van der Waals surface area contributed by atoms with E-state index in [2.05, 4.69) is 37.2 Å². The van der Waals surface area contributed by atoms with Gasteiger partial charge in [0.05, 0.1) is 6.61 Å². The number of fused-ring (bicyclic) bond motifs is 3. The van der Waals surface area contributed by atoms with Gasteiger partial charge in [-0.1, -0.05) is 43.3 Å². The fraction of sp³-hybridized carbons (Fsp3) is 0.357. The van der Waals surface area contributed by atoms with E-state index in [1.54, 1.807) is 0 Å². The Balaban J connectivity index is 2.29. The lowest BCUT2D eigenvalue weighted by atomic mass is 9.72. The van der Waals surface area contributed by atoms with Crippen molar-refractivity contribution in [1.82, 2.24) is 5.16 Å². The van der Waals surface area contributed by atoms with Gasteiger partial charge in [-0.05, 0) is 17.4 Å². The van der Waals surface area contributed by atoms with Crippen molar-refractivity contribution >= 4 is 0 Å². The first-order valence-corrected chi connectivity index (χ1v) is 5.81. The van der Waals surface area contributed by atoms with Crippen LogP contribution in [0.15, 0.2) is 28.8 Å². The average Bonchev–Trinajstić information content (AvgIpc) is 2.71. The van der Waals surface area contributed by atoms with E-state index >= 15 is 0 Å². The van der Waals surface area contributed by atoms with Gasteiger partial charge in [-0.2, -0.15) is 0 Å². The molecule has 1 N–H and O–H groups in total. The highest BCUT2D eigenvalue weighted by Crippen LogP contribution is 2.43. The predicted octanol–water partition coefficient (Wildman–Crippen LogP) is 2.67. The lowest BCUT2D eigenvalue weighted by Gasteiger charge is -2.31. The monoisotopic (exact) mass is 229 g/mol. The van der Waals surface area contributed by atoms with E-state index in [9.17, 15) is 5.11 Å². The summed E-state index contributed by atoms with van der Waals surface area (Å²) in [6.07, 6.45) is 0.860. The SMILES string of the molecule is CC1(C)Cc2c(CO)noc2-c2ccccc21. The minimum atomic E-state index is -0.0585. The zero-order valence-corrected chi connectivity index (χ0v) is 10.0. The van der Waals surface area contributed by atoms with Crippen LogP contribution in [0, 0.1) is 0 Å². The normalized spacial score (nSPS) is 16.4. The lowest BCUT2D eigenvalue weighted by Crippen LogP contribution is -2.25. The van der Waals surface area contributed by atoms with Gasteiger partial charge in [0.25, 0.3) is 0 Å². The van der Waals surface area contributed by atoms with Gasteiger partial charge in [0, 0.05) is 11.1 Å². The highest BCUT2D eigenvalue weighted by atomic mass is 16.5. The third-order valence-corrected chi connectivity index (χ3v) is 3.54. The number of rotatable bonds is 1. The molecule has 88 valence electrons. The van der Waals surface area contributed by atoms with Gasteiger partial charge >= 0.3 is 0 Å². The van der Waals surface area contributed by atoms with Crippen molar-refractivity contribution < 1.29 is 9.63 Å². The van der Waals surface area contributed by atoms with E-state index in [1.165, 1.54) is 5.56 Å². The first-order valence-electron chi connectivity index (χ1n) is 5.81. The van der Waals surface area contributed by atoms with Crippen LogP contribution in [0.5, 0.6) is 0 Å². The third-order valence-electron chi connectivity index (χ3n) is 3.54. The summed E-state index contributed by atoms with van der Waals surface area (Å²) >= 11 is 0. The Morgan fingerprint density at radius 2 is 2.12 bits per heavy atom. The number of benzene rings is 1. The second kappa shape index (κ2) is 3.44. The quantitative estimate of drug-likeness (QED) is 0.817. The number of aromatic nitrogens is 1. The van der Waals surface area contributed by atoms with Gasteiger partial charge in [0.2, 0.25) is 0 Å². The van der Waals surface area contributed by atoms with E-state index in [-0.39, 0.29) is 12.0 Å². The van der Waals surface area contributed by atoms with E-state index in [1.807, 2.05) is 6.07 Å². The Kier molecular flexibility index (Phi) is 2.13. The standard InChI is InChI=1S/C14H15NO2/c1-14(2)7-10-12(8-16)15-17-13(10)9-5-3-4-6-11(9)14/h3-6,16H,7-8H2,1-2H3. The van der Waals surface area contributed by atoms with Crippen LogP contribution in [0.1, 0.15) is 30.7 Å². The van der Waals surface area contributed by atoms with Crippen molar-refractivity contribution in [1.29, 1.82) is 0 Å². The van der Waals surface area contributed by atoms with Gasteiger partial charge in [0.15, 0.2) is 5.76 Å². The lowest BCUT2D eigenvalue weighted by molar-refractivity contribution is 0.266. The summed E-state index contributed by atoms with van der Waals surface area (Å²) in [7, 11) is 0. The van der Waals surface area contributed by atoms with Crippen LogP contribution < -0.4 is 0 Å². The molecule has 0 amide bonds. The Morgan fingerprint density at radius 1 is 1.35 bits per heavy atom. The van der Waals surface area contributed by atoms with Crippen molar-refractivity contribution in [2.75, 3.05) is 0 Å². The fourth-order valence-electron chi connectivity index (χ4n) is 2.67. The van der Waals surface area contributed by atoms with Crippen molar-refractivity contribution in [3.05, 3.63) is 41.1 Å². The summed E-state index contributed by atoms with van der Waals surface area (Å²) < 4.78 is 5.39. The van der Waals surface area contributed by atoms with E-state index in [0.29, 0.717) is 5.69 Å². The smallest absolute Gasteiger partial charge is 0.170 e. The molecule has 0 radical (unpaired) electrons. The summed E-state index contributed by atoms with van der Waals surface area (Å²) in [5.41, 5.74) is 4.16. The highest BCUT2D eigenvalue weighted by molar-refractivity contribution is 5.70. The molecule has 1 aromatic carbocycles. The molecule has 1 aliphatic rings. The molecule has 0 saturated heterocycles. The first kappa shape index (κ1) is 10.5. The molecule has 2 aromatic rings. The van der Waals surface area contributed by atoms with Crippen LogP contribution in [0.3, 0.4) is 0 Å². The van der Waals surface area contributed by atoms with E-state index < -0.39 is 0 Å². The Bertz CT molecular complexity index is 569. The number of nitrogens with zero attached hydrogens (tertiary/aromatic N) is 1. The van der Waals surface area contributed by atoms with Crippen molar-refractivity contribution in [2.24, 2.45) is 0 Å². The Hall–Kier alpha value is -1.61. The average molecular weight is 229 g/mol. The minimum Gasteiger partial charge on any atom is -0.390 e. The summed E-state index contributed by atoms with van der Waals surface area (Å²) in [5.74, 6) is 0.823. The highest BCUT2D eigenvalue weighted by Gasteiger charge is 2.34. The zero-order valence-electron chi connectivity index (χ0n) is 10.0. The van der Waals surface area contributed by atoms with Crippen molar-refractivity contribution in [3.8, 4) is 11.3 Å². The molecule has 0 bridgehead atoms. The molecule has 3 rings (SSSR count). The van der Waals surface area contributed by atoms with Crippen LogP contribution in [0.4, 0.5) is 0 Å². The van der Waals surface area contributed by atoms with Gasteiger partial charge in [0.1, 0.15) is 5.69 Å². The molecule has 0 unspecified atom stereocenters. The summed E-state index contributed by atoms with van der Waals surface area (Å²) in [5, 5.41) is 13.2. The van der Waals surface area contributed by atoms with Crippen LogP contribution in [-0.4, -0.2) is 10.3 Å². The maximum Gasteiger partial charge on any atom is 0.170 e. The van der Waals surface area contributed by atoms with Gasteiger partial charge in [-0.25, -0.2) is 0 Å². The third kappa shape index (κ3) is 1.42. The van der Waals surface area contributed by atoms with E-state index in [4.69, 9.17) is 4.52 Å². The largest absolute Gasteiger partial charge is 0.390 e. The van der Waals surface area contributed by atoms with Crippen molar-refractivity contribution in [2.45, 2.75) is 32.3 Å². The Morgan fingerprint density at radius 3 is 2.88 bits per heavy atom. The molecule has 0 aliphatic heterocycles. The number of aliphatic hydroxyl groups is 1. The molecule has 3 nitrogen and oxygen atoms in total. The predicted molar refractivity (Wildman–Crippen MR) is 64.6 cm³/mol. The molecule has 3 heteroatoms. The molecule has 17 heavy (non-hydrogen) atoms. The summed E-state index contributed by atoms with van der Waals surface area (Å²) in [6.45, 7) is 4.36. The molecule has 1 heterocycles. The molecular formula is C14H15NO2. The number of hydrogen-bond donors (Lipinski definition) is 1. The topological polar surface area (TPSA) is 46.3 Å². The molecular weight excluding hydrogens is 214 g/mol. The molecule has 1 aliphatic carbocycles. The number of hydrogen-bond acceptors (Lipinski definition) is 3. The molecule has 0 atom stereocenters. The van der Waals surface area contributed by atoms with Crippen LogP contribution in [0.2, 0.25) is 0 Å². The first-order chi connectivity index (χ1) is 8.13. The van der Waals surface area contributed by atoms with Crippen LogP contribution in [-0.2, 0) is 18.4 Å². The maximum atomic E-state index is 9.28. The van der Waals surface area contributed by atoms with Gasteiger partial charge < -0.3 is 9.63 Å². The maximum absolute atomic E-state index is 9.28. The van der Waals surface area contributed by atoms with Gasteiger partial charge in [-0.3, -0.25) is 0 Å². The summed E-state index contributed by atoms with van der Waals surface area (Å²) in [6, 6.07) is 8.25. The summed E-state index contributed by atoms with van der Waals surface area (Å²) in [4.78, 5) is 0. The van der Waals surface area contributed by atoms with Gasteiger partial charge in [-0.15, -0.1) is 0 Å². The molecule has 0 fully saturated rings. The fourth-order valence-corrected chi connectivity index (χ4v) is 2.67. The minimum absolute atomic E-state index is 0.0546. The second-order valence-electron chi connectivity index (χ2n) is 5.20. The molecule has 0 spiro atoms. The molecule has 1 aromatic heterocycles. The Labute approximate surface area is 100 Å². The van der Waals surface area contributed by atoms with Crippen LogP contribution in [0.25, 0.3) is 11.3 Å². The van der Waals surface area contributed by atoms with Crippen LogP contribution >= 0.6 is 0 Å².